The molecule has 0 aliphatic carbocycles. The van der Waals surface area contributed by atoms with E-state index in [2.05, 4.69) is 9.97 Å². The topological polar surface area (TPSA) is 42.9 Å². The summed E-state index contributed by atoms with van der Waals surface area (Å²) < 4.78 is 0. The maximum Gasteiger partial charge on any atom is 0.234 e. The molecule has 1 aromatic heterocycles. The van der Waals surface area contributed by atoms with Crippen molar-refractivity contribution in [2.75, 3.05) is 0 Å². The Kier molecular flexibility index (Phi) is 2.32. The van der Waals surface area contributed by atoms with Crippen LogP contribution in [0, 0.1) is 0 Å². The fourth-order valence-electron chi connectivity index (χ4n) is 1.23. The number of aromatic nitrogens is 2. The molecule has 2 aromatic rings. The molecule has 2 rings (SSSR count). The van der Waals surface area contributed by atoms with Gasteiger partial charge < -0.3 is 0 Å². The molecule has 0 N–H and O–H groups in total. The van der Waals surface area contributed by atoms with E-state index in [1.54, 1.807) is 30.7 Å². The summed E-state index contributed by atoms with van der Waals surface area (Å²) in [5, 5.41) is 0. The van der Waals surface area contributed by atoms with Gasteiger partial charge in [0.1, 0.15) is 0 Å². The Hall–Kier alpha value is -2.03. The van der Waals surface area contributed by atoms with Crippen LogP contribution in [0.2, 0.25) is 0 Å². The first-order valence-electron chi connectivity index (χ1n) is 4.15. The van der Waals surface area contributed by atoms with Crippen LogP contribution in [0.4, 0.5) is 0 Å². The van der Waals surface area contributed by atoms with Crippen molar-refractivity contribution < 1.29 is 4.79 Å². The van der Waals surface area contributed by atoms with Gasteiger partial charge in [0.05, 0.1) is 11.9 Å². The number of carbonyl (C=O) groups excluding carboxylic acids is 1. The van der Waals surface area contributed by atoms with Gasteiger partial charge in [-0.3, -0.25) is 14.8 Å². The van der Waals surface area contributed by atoms with Gasteiger partial charge in [-0.15, -0.1) is 0 Å². The molecule has 67 valence electrons. The zero-order valence-corrected chi connectivity index (χ0v) is 7.34. The minimum Gasteiger partial charge on any atom is -0.285 e. The maximum atomic E-state index is 10.6. The Balaban J connectivity index is 2.57. The number of nitrogens with zero attached hydrogens (tertiary/aromatic N) is 2. The van der Waals surface area contributed by atoms with Crippen LogP contribution >= 0.6 is 0 Å². The van der Waals surface area contributed by atoms with E-state index in [0.717, 1.165) is 5.56 Å². The molecular weight excluding hydrogens is 176 g/mol. The summed E-state index contributed by atoms with van der Waals surface area (Å²) >= 11 is 0. The smallest absolute Gasteiger partial charge is 0.234 e. The van der Waals surface area contributed by atoms with Crippen LogP contribution in [0.25, 0.3) is 11.3 Å². The fourth-order valence-corrected chi connectivity index (χ4v) is 1.23. The molecule has 1 aromatic carbocycles. The molecule has 0 saturated heterocycles. The van der Waals surface area contributed by atoms with Gasteiger partial charge in [0.2, 0.25) is 6.29 Å². The molecule has 3 heteroatoms. The van der Waals surface area contributed by atoms with Crippen molar-refractivity contribution in [1.29, 1.82) is 0 Å². The predicted octanol–water partition coefficient (Wildman–Crippen LogP) is 1.60. The molecular formula is C11H7N2O. The number of rotatable bonds is 2. The van der Waals surface area contributed by atoms with Crippen LogP contribution in [0.1, 0.15) is 5.56 Å². The van der Waals surface area contributed by atoms with Crippen LogP contribution in [0.5, 0.6) is 0 Å². The van der Waals surface area contributed by atoms with Gasteiger partial charge in [-0.25, -0.2) is 0 Å². The first kappa shape index (κ1) is 8.56. The molecule has 0 aliphatic heterocycles. The van der Waals surface area contributed by atoms with E-state index < -0.39 is 0 Å². The van der Waals surface area contributed by atoms with Crippen molar-refractivity contribution in [3.63, 3.8) is 0 Å². The summed E-state index contributed by atoms with van der Waals surface area (Å²) in [6.07, 6.45) is 6.69. The zero-order chi connectivity index (χ0) is 9.80. The van der Waals surface area contributed by atoms with Gasteiger partial charge in [0.25, 0.3) is 0 Å². The molecule has 14 heavy (non-hydrogen) atoms. The summed E-state index contributed by atoms with van der Waals surface area (Å²) in [4.78, 5) is 18.7. The lowest BCUT2D eigenvalue weighted by Crippen LogP contribution is -1.90. The first-order chi connectivity index (χ1) is 6.92. The lowest BCUT2D eigenvalue weighted by Gasteiger charge is -2.01. The van der Waals surface area contributed by atoms with Crippen LogP contribution < -0.4 is 0 Å². The summed E-state index contributed by atoms with van der Waals surface area (Å²) in [6.45, 7) is 0. The molecule has 0 saturated carbocycles. The second-order valence-corrected chi connectivity index (χ2v) is 2.74. The van der Waals surface area contributed by atoms with E-state index in [0.29, 0.717) is 11.3 Å². The van der Waals surface area contributed by atoms with Gasteiger partial charge >= 0.3 is 0 Å². The van der Waals surface area contributed by atoms with Crippen molar-refractivity contribution in [1.82, 2.24) is 9.97 Å². The van der Waals surface area contributed by atoms with Gasteiger partial charge in [0.15, 0.2) is 0 Å². The molecule has 0 spiro atoms. The highest BCUT2D eigenvalue weighted by Gasteiger charge is 2.04. The van der Waals surface area contributed by atoms with Gasteiger partial charge in [-0.05, 0) is 0 Å². The van der Waals surface area contributed by atoms with Gasteiger partial charge in [-0.1, -0.05) is 24.3 Å². The number of benzene rings is 1. The lowest BCUT2D eigenvalue weighted by atomic mass is 10.1. The molecule has 0 unspecified atom stereocenters. The highest BCUT2D eigenvalue weighted by atomic mass is 16.1. The summed E-state index contributed by atoms with van der Waals surface area (Å²) in [5.41, 5.74) is 1.95. The fraction of sp³-hybridized carbons (Fsp3) is 0. The molecule has 0 bridgehead atoms. The van der Waals surface area contributed by atoms with E-state index in [-0.39, 0.29) is 0 Å². The highest BCUT2D eigenvalue weighted by Crippen LogP contribution is 2.18. The normalized spacial score (nSPS) is 9.71. The quantitative estimate of drug-likeness (QED) is 0.710. The highest BCUT2D eigenvalue weighted by molar-refractivity contribution is 5.86. The second-order valence-electron chi connectivity index (χ2n) is 2.74. The van der Waals surface area contributed by atoms with E-state index in [4.69, 9.17) is 0 Å². The minimum atomic E-state index is 0.507. The van der Waals surface area contributed by atoms with Crippen LogP contribution in [0.3, 0.4) is 0 Å². The number of hydrogen-bond acceptors (Lipinski definition) is 3. The van der Waals surface area contributed by atoms with Crippen LogP contribution in [-0.4, -0.2) is 16.3 Å². The van der Waals surface area contributed by atoms with Crippen molar-refractivity contribution in [2.45, 2.75) is 0 Å². The molecule has 0 amide bonds. The molecule has 1 heterocycles. The maximum absolute atomic E-state index is 10.6. The average molecular weight is 183 g/mol. The van der Waals surface area contributed by atoms with Crippen LogP contribution in [-0.2, 0) is 4.79 Å². The molecule has 0 fully saturated rings. The zero-order valence-electron chi connectivity index (χ0n) is 7.34. The Morgan fingerprint density at radius 2 is 2.00 bits per heavy atom. The monoisotopic (exact) mass is 183 g/mol. The molecule has 0 aliphatic rings. The summed E-state index contributed by atoms with van der Waals surface area (Å²) in [5.74, 6) is 0. The Bertz CT molecular complexity index is 440. The van der Waals surface area contributed by atoms with Gasteiger partial charge in [-0.2, -0.15) is 0 Å². The van der Waals surface area contributed by atoms with Crippen molar-refractivity contribution in [3.05, 3.63) is 48.4 Å². The SMILES string of the molecule is O=[C]c1ccccc1-c1cnccn1. The lowest BCUT2D eigenvalue weighted by molar-refractivity contribution is 0.563. The summed E-state index contributed by atoms with van der Waals surface area (Å²) in [7, 11) is 0. The van der Waals surface area contributed by atoms with Gasteiger partial charge in [0, 0.05) is 23.5 Å². The molecule has 1 radical (unpaired) electrons. The van der Waals surface area contributed by atoms with E-state index >= 15 is 0 Å². The third-order valence-electron chi connectivity index (χ3n) is 1.88. The van der Waals surface area contributed by atoms with E-state index in [1.807, 2.05) is 18.4 Å². The summed E-state index contributed by atoms with van der Waals surface area (Å²) in [6, 6.07) is 7.17. The third kappa shape index (κ3) is 1.52. The molecule has 0 atom stereocenters. The standard InChI is InChI=1S/C11H7N2O/c14-8-9-3-1-2-4-10(9)11-7-12-5-6-13-11/h1-7H. The molecule has 3 nitrogen and oxygen atoms in total. The van der Waals surface area contributed by atoms with Crippen LogP contribution in [0.15, 0.2) is 42.9 Å². The van der Waals surface area contributed by atoms with Crippen molar-refractivity contribution in [2.24, 2.45) is 0 Å². The predicted molar refractivity (Wildman–Crippen MR) is 52.3 cm³/mol. The largest absolute Gasteiger partial charge is 0.285 e. The average Bonchev–Trinajstić information content (AvgIpc) is 2.30. The van der Waals surface area contributed by atoms with Crippen molar-refractivity contribution in [3.8, 4) is 11.3 Å². The second kappa shape index (κ2) is 3.79. The Labute approximate surface area is 81.5 Å². The van der Waals surface area contributed by atoms with E-state index in [9.17, 15) is 4.79 Å². The van der Waals surface area contributed by atoms with Crippen molar-refractivity contribution >= 4 is 6.29 Å². The minimum absolute atomic E-state index is 0.507. The first-order valence-corrected chi connectivity index (χ1v) is 4.15. The Morgan fingerprint density at radius 3 is 2.71 bits per heavy atom. The Morgan fingerprint density at radius 1 is 1.14 bits per heavy atom. The third-order valence-corrected chi connectivity index (χ3v) is 1.88. The number of hydrogen-bond donors (Lipinski definition) is 0. The van der Waals surface area contributed by atoms with E-state index in [1.165, 1.54) is 0 Å².